The maximum absolute atomic E-state index is 5.85. The summed E-state index contributed by atoms with van der Waals surface area (Å²) in [6.07, 6.45) is 9.00. The number of furan rings is 1. The SMILES string of the molecule is c1cnc(-c2ccoc2)c(OCC2CCCNC2)n1. The first-order valence-electron chi connectivity index (χ1n) is 6.60. The van der Waals surface area contributed by atoms with Crippen molar-refractivity contribution < 1.29 is 9.15 Å². The van der Waals surface area contributed by atoms with Crippen LogP contribution in [0.1, 0.15) is 12.8 Å². The fraction of sp³-hybridized carbons (Fsp3) is 0.429. The molecule has 1 fully saturated rings. The maximum Gasteiger partial charge on any atom is 0.240 e. The van der Waals surface area contributed by atoms with E-state index in [1.807, 2.05) is 6.07 Å². The maximum atomic E-state index is 5.85. The lowest BCUT2D eigenvalue weighted by Crippen LogP contribution is -2.33. The Hall–Kier alpha value is -1.88. The molecule has 1 aliphatic heterocycles. The van der Waals surface area contributed by atoms with Gasteiger partial charge in [-0.1, -0.05) is 0 Å². The van der Waals surface area contributed by atoms with Crippen molar-refractivity contribution in [3.8, 4) is 17.1 Å². The van der Waals surface area contributed by atoms with E-state index in [4.69, 9.17) is 9.15 Å². The third-order valence-electron chi connectivity index (χ3n) is 3.31. The quantitative estimate of drug-likeness (QED) is 0.911. The standard InChI is InChI=1S/C14H17N3O2/c1-2-11(8-15-4-1)9-19-14-13(16-5-6-17-14)12-3-7-18-10-12/h3,5-7,10-11,15H,1-2,4,8-9H2. The van der Waals surface area contributed by atoms with E-state index in [0.29, 0.717) is 18.4 Å². The molecule has 100 valence electrons. The van der Waals surface area contributed by atoms with Crippen molar-refractivity contribution in [2.24, 2.45) is 5.92 Å². The van der Waals surface area contributed by atoms with Gasteiger partial charge in [0.1, 0.15) is 5.69 Å². The number of rotatable bonds is 4. The minimum Gasteiger partial charge on any atom is -0.476 e. The smallest absolute Gasteiger partial charge is 0.240 e. The molecule has 0 saturated carbocycles. The van der Waals surface area contributed by atoms with Crippen LogP contribution in [0, 0.1) is 5.92 Å². The highest BCUT2D eigenvalue weighted by Gasteiger charge is 2.16. The van der Waals surface area contributed by atoms with Crippen LogP contribution in [0.15, 0.2) is 35.4 Å². The number of nitrogens with one attached hydrogen (secondary N) is 1. The normalized spacial score (nSPS) is 19.3. The van der Waals surface area contributed by atoms with Crippen molar-refractivity contribution in [1.82, 2.24) is 15.3 Å². The summed E-state index contributed by atoms with van der Waals surface area (Å²) in [5.41, 5.74) is 1.63. The van der Waals surface area contributed by atoms with Crippen LogP contribution < -0.4 is 10.1 Å². The fourth-order valence-electron chi connectivity index (χ4n) is 2.29. The average Bonchev–Trinajstić information content (AvgIpc) is 3.01. The molecule has 1 saturated heterocycles. The molecule has 1 atom stereocenters. The number of ether oxygens (including phenoxy) is 1. The molecule has 0 spiro atoms. The van der Waals surface area contributed by atoms with Crippen LogP contribution in [0.4, 0.5) is 0 Å². The zero-order chi connectivity index (χ0) is 12.9. The molecule has 3 rings (SSSR count). The van der Waals surface area contributed by atoms with Crippen molar-refractivity contribution in [3.63, 3.8) is 0 Å². The first-order chi connectivity index (χ1) is 9.43. The molecule has 3 heterocycles. The average molecular weight is 259 g/mol. The van der Waals surface area contributed by atoms with Crippen molar-refractivity contribution in [1.29, 1.82) is 0 Å². The molecular formula is C14H17N3O2. The summed E-state index contributed by atoms with van der Waals surface area (Å²) >= 11 is 0. The van der Waals surface area contributed by atoms with Gasteiger partial charge in [0.05, 0.1) is 19.1 Å². The molecule has 1 aliphatic rings. The largest absolute Gasteiger partial charge is 0.476 e. The summed E-state index contributed by atoms with van der Waals surface area (Å²) in [4.78, 5) is 8.59. The molecule has 5 nitrogen and oxygen atoms in total. The highest BCUT2D eigenvalue weighted by molar-refractivity contribution is 5.62. The molecule has 2 aromatic rings. The van der Waals surface area contributed by atoms with E-state index in [0.717, 1.165) is 24.3 Å². The zero-order valence-corrected chi connectivity index (χ0v) is 10.7. The zero-order valence-electron chi connectivity index (χ0n) is 10.7. The number of piperidine rings is 1. The van der Waals surface area contributed by atoms with E-state index in [9.17, 15) is 0 Å². The minimum absolute atomic E-state index is 0.549. The first-order valence-corrected chi connectivity index (χ1v) is 6.60. The van der Waals surface area contributed by atoms with Crippen molar-refractivity contribution in [2.45, 2.75) is 12.8 Å². The Kier molecular flexibility index (Phi) is 3.74. The molecule has 0 bridgehead atoms. The monoisotopic (exact) mass is 259 g/mol. The third kappa shape index (κ3) is 2.93. The molecule has 0 aromatic carbocycles. The van der Waals surface area contributed by atoms with Crippen molar-refractivity contribution in [2.75, 3.05) is 19.7 Å². The molecule has 1 unspecified atom stereocenters. The predicted molar refractivity (Wildman–Crippen MR) is 70.8 cm³/mol. The van der Waals surface area contributed by atoms with E-state index in [2.05, 4.69) is 15.3 Å². The number of aromatic nitrogens is 2. The van der Waals surface area contributed by atoms with Gasteiger partial charge in [-0.2, -0.15) is 0 Å². The summed E-state index contributed by atoms with van der Waals surface area (Å²) in [5, 5.41) is 3.38. The van der Waals surface area contributed by atoms with E-state index in [1.165, 1.54) is 12.8 Å². The second kappa shape index (κ2) is 5.84. The number of hydrogen-bond donors (Lipinski definition) is 1. The van der Waals surface area contributed by atoms with Gasteiger partial charge in [-0.3, -0.25) is 0 Å². The lowest BCUT2D eigenvalue weighted by molar-refractivity contribution is 0.212. The molecule has 5 heteroatoms. The molecular weight excluding hydrogens is 242 g/mol. The number of nitrogens with zero attached hydrogens (tertiary/aromatic N) is 2. The van der Waals surface area contributed by atoms with Crippen LogP contribution >= 0.6 is 0 Å². The van der Waals surface area contributed by atoms with Gasteiger partial charge in [0.15, 0.2) is 0 Å². The summed E-state index contributed by atoms with van der Waals surface area (Å²) in [6.45, 7) is 2.81. The van der Waals surface area contributed by atoms with Crippen molar-refractivity contribution in [3.05, 3.63) is 31.0 Å². The summed E-state index contributed by atoms with van der Waals surface area (Å²) in [6, 6.07) is 1.86. The lowest BCUT2D eigenvalue weighted by atomic mass is 10.0. The topological polar surface area (TPSA) is 60.2 Å². The van der Waals surface area contributed by atoms with E-state index in [1.54, 1.807) is 24.9 Å². The molecule has 0 aliphatic carbocycles. The van der Waals surface area contributed by atoms with Gasteiger partial charge in [-0.05, 0) is 25.5 Å². The molecule has 1 N–H and O–H groups in total. The van der Waals surface area contributed by atoms with E-state index in [-0.39, 0.29) is 0 Å². The van der Waals surface area contributed by atoms with Crippen LogP contribution in [0.25, 0.3) is 11.3 Å². The van der Waals surface area contributed by atoms with Crippen molar-refractivity contribution >= 4 is 0 Å². The van der Waals surface area contributed by atoms with Gasteiger partial charge in [-0.15, -0.1) is 0 Å². The Morgan fingerprint density at radius 3 is 3.11 bits per heavy atom. The van der Waals surface area contributed by atoms with Crippen LogP contribution in [-0.2, 0) is 0 Å². The molecule has 0 radical (unpaired) electrons. The first kappa shape index (κ1) is 12.2. The van der Waals surface area contributed by atoms with Gasteiger partial charge < -0.3 is 14.5 Å². The van der Waals surface area contributed by atoms with Crippen LogP contribution in [-0.4, -0.2) is 29.7 Å². The van der Waals surface area contributed by atoms with E-state index >= 15 is 0 Å². The van der Waals surface area contributed by atoms with Gasteiger partial charge in [0, 0.05) is 30.4 Å². The fourth-order valence-corrected chi connectivity index (χ4v) is 2.29. The van der Waals surface area contributed by atoms with Crippen LogP contribution in [0.2, 0.25) is 0 Å². The minimum atomic E-state index is 0.549. The summed E-state index contributed by atoms with van der Waals surface area (Å²) in [5.74, 6) is 1.13. The predicted octanol–water partition coefficient (Wildman–Crippen LogP) is 2.11. The number of hydrogen-bond acceptors (Lipinski definition) is 5. The summed E-state index contributed by atoms with van der Waals surface area (Å²) in [7, 11) is 0. The van der Waals surface area contributed by atoms with Gasteiger partial charge in [-0.25, -0.2) is 9.97 Å². The van der Waals surface area contributed by atoms with E-state index < -0.39 is 0 Å². The Balaban J connectivity index is 1.70. The highest BCUT2D eigenvalue weighted by Crippen LogP contribution is 2.26. The highest BCUT2D eigenvalue weighted by atomic mass is 16.5. The van der Waals surface area contributed by atoms with Gasteiger partial charge >= 0.3 is 0 Å². The molecule has 19 heavy (non-hydrogen) atoms. The third-order valence-corrected chi connectivity index (χ3v) is 3.31. The Bertz CT molecular complexity index is 507. The Morgan fingerprint density at radius 1 is 1.37 bits per heavy atom. The molecule has 0 amide bonds. The van der Waals surface area contributed by atoms with Gasteiger partial charge in [0.2, 0.25) is 5.88 Å². The van der Waals surface area contributed by atoms with Crippen LogP contribution in [0.5, 0.6) is 5.88 Å². The summed E-state index contributed by atoms with van der Waals surface area (Å²) < 4.78 is 10.9. The Labute approximate surface area is 112 Å². The Morgan fingerprint density at radius 2 is 2.32 bits per heavy atom. The van der Waals surface area contributed by atoms with Gasteiger partial charge in [0.25, 0.3) is 0 Å². The second-order valence-electron chi connectivity index (χ2n) is 4.75. The van der Waals surface area contributed by atoms with Crippen LogP contribution in [0.3, 0.4) is 0 Å². The lowest BCUT2D eigenvalue weighted by Gasteiger charge is -2.22. The second-order valence-corrected chi connectivity index (χ2v) is 4.75. The molecule has 2 aromatic heterocycles.